The van der Waals surface area contributed by atoms with Gasteiger partial charge >= 0.3 is 0 Å². The molecule has 0 saturated carbocycles. The molecule has 1 heterocycles. The molecule has 0 radical (unpaired) electrons. The number of aromatic nitrogens is 3. The highest BCUT2D eigenvalue weighted by Gasteiger charge is 2.43. The van der Waals surface area contributed by atoms with E-state index in [1.165, 1.54) is 27.9 Å². The molecule has 4 aromatic rings. The quantitative estimate of drug-likeness (QED) is 0.175. The molecule has 42 heavy (non-hydrogen) atoms. The molecule has 4 rings (SSSR count). The van der Waals surface area contributed by atoms with Crippen molar-refractivity contribution in [3.8, 4) is 28.5 Å². The molecule has 4 heteroatoms. The lowest BCUT2D eigenvalue weighted by molar-refractivity contribution is 0.136. The number of nitrogens with zero attached hydrogens (tertiary/aromatic N) is 3. The average molecular weight is 629 g/mol. The van der Waals surface area contributed by atoms with Gasteiger partial charge in [-0.3, -0.25) is 4.57 Å². The second-order valence-electron chi connectivity index (χ2n) is 13.9. The van der Waals surface area contributed by atoms with Crippen molar-refractivity contribution in [3.05, 3.63) is 87.4 Å². The zero-order valence-electron chi connectivity index (χ0n) is 27.6. The fraction of sp³-hybridized carbons (Fsp3) is 0.474. The SMILES string of the molecule is CCC(C)(c1ccc(Br)cc1-c1nnc(-c2ccccc2C)n1-c1c(C(C)C)cccc1C(C)C)C(C)(C)CC(C)C. The van der Waals surface area contributed by atoms with E-state index in [9.17, 15) is 0 Å². The lowest BCUT2D eigenvalue weighted by atomic mass is 9.58. The first-order valence-corrected chi connectivity index (χ1v) is 16.5. The molecule has 0 spiro atoms. The number of hydrogen-bond acceptors (Lipinski definition) is 2. The van der Waals surface area contributed by atoms with Crippen molar-refractivity contribution in [2.24, 2.45) is 11.3 Å². The van der Waals surface area contributed by atoms with Crippen LogP contribution >= 0.6 is 15.9 Å². The van der Waals surface area contributed by atoms with Gasteiger partial charge < -0.3 is 0 Å². The standard InChI is InChI=1S/C38H50BrN3/c1-12-38(11,37(9,10)23-24(2)3)33-21-20-28(39)22-32(33)36-41-40-35(31-17-14-13-16-27(31)8)42(36)34-29(25(4)5)18-15-19-30(34)26(6)7/h13-22,24-26H,12,23H2,1-11H3. The maximum absolute atomic E-state index is 5.07. The minimum absolute atomic E-state index is 0.0706. The van der Waals surface area contributed by atoms with Gasteiger partial charge in [0.1, 0.15) is 0 Å². The Balaban J connectivity index is 2.17. The van der Waals surface area contributed by atoms with Crippen molar-refractivity contribution < 1.29 is 0 Å². The highest BCUT2D eigenvalue weighted by molar-refractivity contribution is 9.10. The summed E-state index contributed by atoms with van der Waals surface area (Å²) in [6, 6.07) is 22.1. The molecule has 0 aliphatic rings. The highest BCUT2D eigenvalue weighted by atomic mass is 79.9. The van der Waals surface area contributed by atoms with Crippen molar-refractivity contribution in [1.82, 2.24) is 14.8 Å². The van der Waals surface area contributed by atoms with Gasteiger partial charge in [-0.05, 0) is 82.7 Å². The number of halogens is 1. The molecule has 0 saturated heterocycles. The van der Waals surface area contributed by atoms with Gasteiger partial charge in [0.05, 0.1) is 5.69 Å². The maximum atomic E-state index is 5.07. The average Bonchev–Trinajstić information content (AvgIpc) is 3.35. The molecule has 1 atom stereocenters. The van der Waals surface area contributed by atoms with E-state index in [1.54, 1.807) is 0 Å². The zero-order valence-corrected chi connectivity index (χ0v) is 29.2. The second-order valence-corrected chi connectivity index (χ2v) is 14.9. The summed E-state index contributed by atoms with van der Waals surface area (Å²) in [6.07, 6.45) is 2.17. The van der Waals surface area contributed by atoms with E-state index in [0.717, 1.165) is 40.1 Å². The zero-order chi connectivity index (χ0) is 31.0. The third-order valence-corrected chi connectivity index (χ3v) is 10.0. The van der Waals surface area contributed by atoms with Gasteiger partial charge in [-0.15, -0.1) is 10.2 Å². The van der Waals surface area contributed by atoms with Crippen LogP contribution in [-0.4, -0.2) is 14.8 Å². The van der Waals surface area contributed by atoms with Gasteiger partial charge in [-0.25, -0.2) is 0 Å². The Morgan fingerprint density at radius 3 is 1.86 bits per heavy atom. The van der Waals surface area contributed by atoms with Crippen molar-refractivity contribution in [2.45, 2.75) is 106 Å². The van der Waals surface area contributed by atoms with Crippen molar-refractivity contribution in [2.75, 3.05) is 0 Å². The Morgan fingerprint density at radius 2 is 1.33 bits per heavy atom. The number of aryl methyl sites for hydroxylation is 1. The number of para-hydroxylation sites is 1. The van der Waals surface area contributed by atoms with E-state index >= 15 is 0 Å². The summed E-state index contributed by atoms with van der Waals surface area (Å²) in [5, 5.41) is 10.1. The van der Waals surface area contributed by atoms with E-state index in [2.05, 4.69) is 157 Å². The van der Waals surface area contributed by atoms with Crippen LogP contribution < -0.4 is 0 Å². The summed E-state index contributed by atoms with van der Waals surface area (Å²) >= 11 is 3.84. The number of rotatable bonds is 10. The van der Waals surface area contributed by atoms with E-state index in [4.69, 9.17) is 10.2 Å². The third kappa shape index (κ3) is 5.89. The Kier molecular flexibility index (Phi) is 9.57. The molecule has 224 valence electrons. The molecule has 0 bridgehead atoms. The molecule has 0 aliphatic carbocycles. The molecule has 0 fully saturated rings. The first-order chi connectivity index (χ1) is 19.7. The molecule has 0 aliphatic heterocycles. The summed E-state index contributed by atoms with van der Waals surface area (Å²) < 4.78 is 3.43. The second kappa shape index (κ2) is 12.5. The monoisotopic (exact) mass is 627 g/mol. The van der Waals surface area contributed by atoms with E-state index in [-0.39, 0.29) is 10.8 Å². The minimum atomic E-state index is -0.0780. The molecule has 1 aromatic heterocycles. The van der Waals surface area contributed by atoms with Gasteiger partial charge in [0, 0.05) is 15.6 Å². The molecular weight excluding hydrogens is 578 g/mol. The molecule has 0 amide bonds. The van der Waals surface area contributed by atoms with E-state index in [1.807, 2.05) is 0 Å². The molecule has 0 N–H and O–H groups in total. The minimum Gasteiger partial charge on any atom is -0.274 e. The summed E-state index contributed by atoms with van der Waals surface area (Å²) in [6.45, 7) is 25.6. The van der Waals surface area contributed by atoms with Gasteiger partial charge in [0.25, 0.3) is 0 Å². The maximum Gasteiger partial charge on any atom is 0.169 e. The van der Waals surface area contributed by atoms with Crippen LogP contribution in [-0.2, 0) is 5.41 Å². The van der Waals surface area contributed by atoms with Crippen LogP contribution in [0.2, 0.25) is 0 Å². The number of hydrogen-bond donors (Lipinski definition) is 0. The lowest BCUT2D eigenvalue weighted by Gasteiger charge is -2.46. The van der Waals surface area contributed by atoms with Crippen molar-refractivity contribution in [3.63, 3.8) is 0 Å². The third-order valence-electron chi connectivity index (χ3n) is 9.55. The molecular formula is C38H50BrN3. The topological polar surface area (TPSA) is 30.7 Å². The summed E-state index contributed by atoms with van der Waals surface area (Å²) in [5.74, 6) is 3.08. The fourth-order valence-corrected chi connectivity index (χ4v) is 7.26. The van der Waals surface area contributed by atoms with Crippen LogP contribution in [0, 0.1) is 18.3 Å². The Labute approximate surface area is 263 Å². The van der Waals surface area contributed by atoms with Crippen LogP contribution in [0.15, 0.2) is 65.1 Å². The smallest absolute Gasteiger partial charge is 0.169 e. The molecule has 1 unspecified atom stereocenters. The summed E-state index contributed by atoms with van der Waals surface area (Å²) in [4.78, 5) is 0. The van der Waals surface area contributed by atoms with Crippen LogP contribution in [0.5, 0.6) is 0 Å². The molecule has 3 nitrogen and oxygen atoms in total. The first kappa shape index (κ1) is 32.2. The Bertz CT molecular complexity index is 1520. The van der Waals surface area contributed by atoms with Gasteiger partial charge in [-0.2, -0.15) is 0 Å². The summed E-state index contributed by atoms with van der Waals surface area (Å²) in [5.41, 5.74) is 8.61. The molecule has 3 aromatic carbocycles. The predicted octanol–water partition coefficient (Wildman–Crippen LogP) is 11.7. The highest BCUT2D eigenvalue weighted by Crippen LogP contribution is 2.51. The van der Waals surface area contributed by atoms with Gasteiger partial charge in [-0.1, -0.05) is 134 Å². The Hall–Kier alpha value is -2.72. The van der Waals surface area contributed by atoms with Crippen LogP contribution in [0.1, 0.15) is 116 Å². The predicted molar refractivity (Wildman–Crippen MR) is 184 cm³/mol. The largest absolute Gasteiger partial charge is 0.274 e. The van der Waals surface area contributed by atoms with E-state index < -0.39 is 0 Å². The van der Waals surface area contributed by atoms with Crippen molar-refractivity contribution >= 4 is 15.9 Å². The van der Waals surface area contributed by atoms with Gasteiger partial charge in [0.2, 0.25) is 0 Å². The van der Waals surface area contributed by atoms with Gasteiger partial charge in [0.15, 0.2) is 11.6 Å². The fourth-order valence-electron chi connectivity index (χ4n) is 6.90. The van der Waals surface area contributed by atoms with Crippen LogP contribution in [0.25, 0.3) is 28.5 Å². The van der Waals surface area contributed by atoms with E-state index in [0.29, 0.717) is 17.8 Å². The first-order valence-electron chi connectivity index (χ1n) is 15.7. The van der Waals surface area contributed by atoms with Crippen LogP contribution in [0.4, 0.5) is 0 Å². The summed E-state index contributed by atoms with van der Waals surface area (Å²) in [7, 11) is 0. The van der Waals surface area contributed by atoms with Crippen LogP contribution in [0.3, 0.4) is 0 Å². The normalized spacial score (nSPS) is 13.8. The number of benzene rings is 3. The van der Waals surface area contributed by atoms with Crippen molar-refractivity contribution in [1.29, 1.82) is 0 Å². The Morgan fingerprint density at radius 1 is 0.762 bits per heavy atom. The lowest BCUT2D eigenvalue weighted by Crippen LogP contribution is -2.40.